The van der Waals surface area contributed by atoms with E-state index in [1.807, 2.05) is 37.1 Å². The first-order valence-electron chi connectivity index (χ1n) is 10.6. The maximum Gasteiger partial charge on any atom is 0.342 e. The minimum atomic E-state index is -2.07. The van der Waals surface area contributed by atoms with Crippen LogP contribution in [0.4, 0.5) is 5.69 Å². The van der Waals surface area contributed by atoms with Crippen LogP contribution in [-0.2, 0) is 14.9 Å². The number of methoxy groups -OCH3 is 2. The summed E-state index contributed by atoms with van der Waals surface area (Å²) in [5.74, 6) is -0.0624. The summed E-state index contributed by atoms with van der Waals surface area (Å²) in [7, 11) is 4.79. The monoisotopic (exact) mass is 414 g/mol. The number of benzene rings is 1. The van der Waals surface area contributed by atoms with Crippen LogP contribution in [0.3, 0.4) is 0 Å². The third-order valence-corrected chi connectivity index (χ3v) is 8.37. The molecule has 0 bridgehead atoms. The smallest absolute Gasteiger partial charge is 0.342 e. The first kappa shape index (κ1) is 19.8. The number of aliphatic hydroxyl groups excluding tert-OH is 1. The van der Waals surface area contributed by atoms with Crippen molar-refractivity contribution in [2.45, 2.75) is 49.0 Å². The fourth-order valence-electron chi connectivity index (χ4n) is 7.34. The predicted octanol–water partition coefficient (Wildman–Crippen LogP) is 1.07. The van der Waals surface area contributed by atoms with Gasteiger partial charge >= 0.3 is 5.97 Å². The lowest BCUT2D eigenvalue weighted by Crippen LogP contribution is -2.80. The number of nitrogens with zero attached hydrogens (tertiary/aromatic N) is 2. The van der Waals surface area contributed by atoms with Gasteiger partial charge in [0.05, 0.1) is 20.3 Å². The third-order valence-electron chi connectivity index (χ3n) is 8.37. The average molecular weight is 415 g/mol. The van der Waals surface area contributed by atoms with E-state index >= 15 is 0 Å². The summed E-state index contributed by atoms with van der Waals surface area (Å²) < 4.78 is 10.6. The second-order valence-corrected chi connectivity index (χ2v) is 9.17. The van der Waals surface area contributed by atoms with Gasteiger partial charge < -0.3 is 24.6 Å². The second-order valence-electron chi connectivity index (χ2n) is 9.17. The number of anilines is 1. The van der Waals surface area contributed by atoms with E-state index < -0.39 is 34.5 Å². The Bertz CT molecular complexity index is 934. The molecule has 3 aliphatic heterocycles. The van der Waals surface area contributed by atoms with E-state index in [9.17, 15) is 15.0 Å². The largest absolute Gasteiger partial charge is 0.497 e. The highest BCUT2D eigenvalue weighted by atomic mass is 16.5. The molecule has 162 valence electrons. The molecule has 7 heteroatoms. The van der Waals surface area contributed by atoms with Crippen molar-refractivity contribution in [1.82, 2.24) is 4.90 Å². The van der Waals surface area contributed by atoms with Crippen LogP contribution >= 0.6 is 0 Å². The number of hydrogen-bond donors (Lipinski definition) is 2. The molecule has 2 N–H and O–H groups in total. The Kier molecular flexibility index (Phi) is 4.11. The molecule has 1 aromatic rings. The average Bonchev–Trinajstić information content (AvgIpc) is 3.28. The van der Waals surface area contributed by atoms with Gasteiger partial charge in [-0.05, 0) is 31.0 Å². The molecule has 2 fully saturated rings. The Balaban J connectivity index is 1.85. The molecule has 0 aromatic heterocycles. The van der Waals surface area contributed by atoms with Crippen molar-refractivity contribution in [3.05, 3.63) is 35.9 Å². The lowest BCUT2D eigenvalue weighted by atomic mass is 9.48. The molecular weight excluding hydrogens is 384 g/mol. The van der Waals surface area contributed by atoms with Crippen LogP contribution in [0.2, 0.25) is 0 Å². The Morgan fingerprint density at radius 2 is 2.07 bits per heavy atom. The van der Waals surface area contributed by atoms with E-state index in [0.29, 0.717) is 6.42 Å². The minimum absolute atomic E-state index is 0.0259. The normalized spacial score (nSPS) is 41.3. The highest BCUT2D eigenvalue weighted by Crippen LogP contribution is 2.66. The molecule has 1 saturated heterocycles. The number of hydrogen-bond acceptors (Lipinski definition) is 7. The van der Waals surface area contributed by atoms with Gasteiger partial charge in [-0.3, -0.25) is 4.90 Å². The SMILES string of the molecule is CC[C@@]12C=CCN3CC[C@@]4(c5ccc(OC)cc5N(C)[C@H]4C(O)(C(=O)OC)[C@@H]1O)[C@H]32. The maximum atomic E-state index is 13.1. The maximum absolute atomic E-state index is 13.1. The van der Waals surface area contributed by atoms with Crippen LogP contribution < -0.4 is 9.64 Å². The van der Waals surface area contributed by atoms with Crippen LogP contribution in [-0.4, -0.2) is 79.2 Å². The predicted molar refractivity (Wildman–Crippen MR) is 112 cm³/mol. The van der Waals surface area contributed by atoms with Gasteiger partial charge in [-0.1, -0.05) is 25.1 Å². The Morgan fingerprint density at radius 3 is 2.73 bits per heavy atom. The van der Waals surface area contributed by atoms with Gasteiger partial charge in [0.1, 0.15) is 11.9 Å². The molecule has 0 amide bonds. The molecule has 30 heavy (non-hydrogen) atoms. The van der Waals surface area contributed by atoms with E-state index in [1.54, 1.807) is 7.11 Å². The van der Waals surface area contributed by atoms with Crippen molar-refractivity contribution in [3.63, 3.8) is 0 Å². The number of rotatable bonds is 3. The summed E-state index contributed by atoms with van der Waals surface area (Å²) in [4.78, 5) is 17.5. The molecule has 6 atom stereocenters. The highest BCUT2D eigenvalue weighted by molar-refractivity contribution is 5.86. The van der Waals surface area contributed by atoms with Gasteiger partial charge in [-0.15, -0.1) is 0 Å². The Hall–Kier alpha value is -2.09. The van der Waals surface area contributed by atoms with E-state index in [-0.39, 0.29) is 6.04 Å². The van der Waals surface area contributed by atoms with E-state index in [2.05, 4.69) is 17.0 Å². The molecule has 0 radical (unpaired) electrons. The van der Waals surface area contributed by atoms with Gasteiger partial charge in [0, 0.05) is 42.2 Å². The minimum Gasteiger partial charge on any atom is -0.497 e. The number of carbonyl (C=O) groups excluding carboxylic acids is 1. The topological polar surface area (TPSA) is 82.5 Å². The molecule has 5 rings (SSSR count). The number of esters is 1. The van der Waals surface area contributed by atoms with E-state index in [0.717, 1.165) is 36.5 Å². The lowest BCUT2D eigenvalue weighted by molar-refractivity contribution is -0.218. The molecule has 1 aliphatic carbocycles. The zero-order valence-electron chi connectivity index (χ0n) is 18.0. The summed E-state index contributed by atoms with van der Waals surface area (Å²) in [5, 5.41) is 23.7. The van der Waals surface area contributed by atoms with Gasteiger partial charge in [0.25, 0.3) is 0 Å². The second kappa shape index (κ2) is 6.22. The Labute approximate surface area is 176 Å². The summed E-state index contributed by atoms with van der Waals surface area (Å²) in [6.07, 6.45) is 4.21. The van der Waals surface area contributed by atoms with Crippen molar-refractivity contribution in [1.29, 1.82) is 0 Å². The number of aliphatic hydroxyl groups is 2. The molecule has 3 heterocycles. The van der Waals surface area contributed by atoms with E-state index in [1.165, 1.54) is 7.11 Å². The molecule has 1 unspecified atom stereocenters. The van der Waals surface area contributed by atoms with Crippen LogP contribution in [0.5, 0.6) is 5.75 Å². The zero-order chi connectivity index (χ0) is 21.5. The number of carbonyl (C=O) groups is 1. The van der Waals surface area contributed by atoms with Crippen molar-refractivity contribution in [2.75, 3.05) is 39.3 Å². The van der Waals surface area contributed by atoms with Gasteiger partial charge in [-0.25, -0.2) is 4.79 Å². The summed E-state index contributed by atoms with van der Waals surface area (Å²) in [6, 6.07) is 5.31. The first-order valence-corrected chi connectivity index (χ1v) is 10.6. The summed E-state index contributed by atoms with van der Waals surface area (Å²) >= 11 is 0. The molecular formula is C23H30N2O5. The summed E-state index contributed by atoms with van der Waals surface area (Å²) in [5.41, 5.74) is -1.31. The fourth-order valence-corrected chi connectivity index (χ4v) is 7.34. The van der Waals surface area contributed by atoms with Crippen LogP contribution in [0, 0.1) is 5.41 Å². The number of likely N-dealkylation sites (N-methyl/N-ethyl adjacent to an activating group) is 1. The zero-order valence-corrected chi connectivity index (χ0v) is 18.0. The lowest BCUT2D eigenvalue weighted by Gasteiger charge is -2.63. The van der Waals surface area contributed by atoms with Gasteiger partial charge in [0.2, 0.25) is 5.60 Å². The molecule has 7 nitrogen and oxygen atoms in total. The Morgan fingerprint density at radius 1 is 1.30 bits per heavy atom. The number of ether oxygens (including phenoxy) is 2. The standard InChI is InChI=1S/C23H30N2O5/c1-5-21-9-6-11-25-12-10-22(17(21)25)15-8-7-14(29-3)13-16(15)24(2)18(22)23(28,19(21)26)20(27)30-4/h6-9,13,17-19,26,28H,5,10-12H2,1-4H3/t17-,18-,19-,21+,22-,23?/m1/s1. The molecule has 1 saturated carbocycles. The highest BCUT2D eigenvalue weighted by Gasteiger charge is 2.78. The fraction of sp³-hybridized carbons (Fsp3) is 0.609. The van der Waals surface area contributed by atoms with Crippen molar-refractivity contribution in [3.8, 4) is 5.75 Å². The van der Waals surface area contributed by atoms with Crippen molar-refractivity contribution in [2.24, 2.45) is 5.41 Å². The quantitative estimate of drug-likeness (QED) is 0.566. The van der Waals surface area contributed by atoms with Crippen molar-refractivity contribution >= 4 is 11.7 Å². The first-order chi connectivity index (χ1) is 14.3. The van der Waals surface area contributed by atoms with E-state index in [4.69, 9.17) is 9.47 Å². The molecule has 4 aliphatic rings. The number of fused-ring (bicyclic) bond motifs is 1. The molecule has 1 spiro atoms. The van der Waals surface area contributed by atoms with Crippen LogP contribution in [0.25, 0.3) is 0 Å². The van der Waals surface area contributed by atoms with Crippen molar-refractivity contribution < 1.29 is 24.5 Å². The third kappa shape index (κ3) is 1.95. The van der Waals surface area contributed by atoms with Crippen LogP contribution in [0.15, 0.2) is 30.4 Å². The van der Waals surface area contributed by atoms with Crippen LogP contribution in [0.1, 0.15) is 25.3 Å². The summed E-state index contributed by atoms with van der Waals surface area (Å²) in [6.45, 7) is 3.67. The van der Waals surface area contributed by atoms with Gasteiger partial charge in [-0.2, -0.15) is 0 Å². The van der Waals surface area contributed by atoms with Gasteiger partial charge in [0.15, 0.2) is 0 Å². The molecule has 1 aromatic carbocycles.